The maximum absolute atomic E-state index is 12.8. The molecule has 2 unspecified atom stereocenters. The zero-order chi connectivity index (χ0) is 19.7. The zero-order valence-electron chi connectivity index (χ0n) is 16.5. The largest absolute Gasteiger partial charge is 0.550 e. The van der Waals surface area contributed by atoms with Crippen LogP contribution in [0, 0.1) is 0 Å². The highest BCUT2D eigenvalue weighted by Crippen LogP contribution is 2.28. The van der Waals surface area contributed by atoms with Gasteiger partial charge in [-0.25, -0.2) is 0 Å². The SMILES string of the molecule is CCCCCC(=O)C(C(O)(CC(=O)[O-])C(=O)CCCCC)[N+](C)(C)C. The van der Waals surface area contributed by atoms with E-state index in [1.54, 1.807) is 21.1 Å². The van der Waals surface area contributed by atoms with Crippen LogP contribution < -0.4 is 5.11 Å². The highest BCUT2D eigenvalue weighted by molar-refractivity contribution is 5.98. The number of ketones is 2. The number of rotatable bonds is 14. The second-order valence-corrected chi connectivity index (χ2v) is 7.80. The Kier molecular flexibility index (Phi) is 10.1. The van der Waals surface area contributed by atoms with Crippen LogP contribution in [0.25, 0.3) is 0 Å². The Morgan fingerprint density at radius 3 is 1.84 bits per heavy atom. The number of carboxylic acid groups (broad SMARTS) is 1. The molecule has 0 aromatic rings. The van der Waals surface area contributed by atoms with Gasteiger partial charge in [-0.05, 0) is 12.8 Å². The number of carboxylic acids is 1. The number of quaternary nitrogens is 1. The van der Waals surface area contributed by atoms with Gasteiger partial charge in [0.25, 0.3) is 0 Å². The molecule has 146 valence electrons. The van der Waals surface area contributed by atoms with Gasteiger partial charge in [0.2, 0.25) is 0 Å². The summed E-state index contributed by atoms with van der Waals surface area (Å²) >= 11 is 0. The van der Waals surface area contributed by atoms with E-state index in [-0.39, 0.29) is 23.1 Å². The van der Waals surface area contributed by atoms with Crippen molar-refractivity contribution in [3.63, 3.8) is 0 Å². The van der Waals surface area contributed by atoms with Crippen molar-refractivity contribution in [1.82, 2.24) is 0 Å². The fraction of sp³-hybridized carbons (Fsp3) is 0.842. The van der Waals surface area contributed by atoms with E-state index in [2.05, 4.69) is 0 Å². The molecule has 25 heavy (non-hydrogen) atoms. The lowest BCUT2D eigenvalue weighted by Gasteiger charge is -2.42. The van der Waals surface area contributed by atoms with Gasteiger partial charge in [-0.2, -0.15) is 0 Å². The predicted octanol–water partition coefficient (Wildman–Crippen LogP) is 1.23. The van der Waals surface area contributed by atoms with E-state index in [9.17, 15) is 24.6 Å². The minimum Gasteiger partial charge on any atom is -0.550 e. The summed E-state index contributed by atoms with van der Waals surface area (Å²) in [5.74, 6) is -2.37. The number of carbonyl (C=O) groups is 3. The van der Waals surface area contributed by atoms with E-state index in [1.165, 1.54) is 0 Å². The van der Waals surface area contributed by atoms with Crippen molar-refractivity contribution >= 4 is 17.5 Å². The molecule has 6 nitrogen and oxygen atoms in total. The molecular weight excluding hydrogens is 322 g/mol. The summed E-state index contributed by atoms with van der Waals surface area (Å²) in [4.78, 5) is 36.7. The van der Waals surface area contributed by atoms with Gasteiger partial charge in [0.15, 0.2) is 23.2 Å². The summed E-state index contributed by atoms with van der Waals surface area (Å²) in [5.41, 5.74) is -2.23. The molecule has 0 aliphatic carbocycles. The first kappa shape index (κ1) is 23.7. The molecule has 0 bridgehead atoms. The molecule has 1 N–H and O–H groups in total. The van der Waals surface area contributed by atoms with E-state index in [0.717, 1.165) is 25.7 Å². The van der Waals surface area contributed by atoms with Gasteiger partial charge in [0, 0.05) is 25.2 Å². The van der Waals surface area contributed by atoms with E-state index < -0.39 is 29.8 Å². The van der Waals surface area contributed by atoms with Crippen LogP contribution in [0.3, 0.4) is 0 Å². The minimum atomic E-state index is -2.23. The summed E-state index contributed by atoms with van der Waals surface area (Å²) in [7, 11) is 5.09. The summed E-state index contributed by atoms with van der Waals surface area (Å²) in [6.45, 7) is 4.01. The zero-order valence-corrected chi connectivity index (χ0v) is 16.5. The Morgan fingerprint density at radius 1 is 0.960 bits per heavy atom. The van der Waals surface area contributed by atoms with E-state index in [0.29, 0.717) is 12.8 Å². The molecule has 0 saturated heterocycles. The maximum Gasteiger partial charge on any atom is 0.193 e. The van der Waals surface area contributed by atoms with Gasteiger partial charge >= 0.3 is 0 Å². The number of likely N-dealkylation sites (N-methyl/N-ethyl adjacent to an activating group) is 1. The highest BCUT2D eigenvalue weighted by Gasteiger charge is 2.53. The highest BCUT2D eigenvalue weighted by atomic mass is 16.4. The molecule has 0 spiro atoms. The average Bonchev–Trinajstić information content (AvgIpc) is 2.45. The lowest BCUT2D eigenvalue weighted by Crippen LogP contribution is -2.66. The number of nitrogens with zero attached hydrogens (tertiary/aromatic N) is 1. The molecule has 0 radical (unpaired) electrons. The maximum atomic E-state index is 12.8. The van der Waals surface area contributed by atoms with Crippen LogP contribution >= 0.6 is 0 Å². The number of aliphatic hydroxyl groups is 1. The van der Waals surface area contributed by atoms with E-state index in [1.807, 2.05) is 13.8 Å². The van der Waals surface area contributed by atoms with Crippen molar-refractivity contribution in [3.05, 3.63) is 0 Å². The van der Waals surface area contributed by atoms with Crippen molar-refractivity contribution < 1.29 is 29.1 Å². The predicted molar refractivity (Wildman–Crippen MR) is 94.7 cm³/mol. The monoisotopic (exact) mass is 357 g/mol. The first-order valence-electron chi connectivity index (χ1n) is 9.30. The van der Waals surface area contributed by atoms with Gasteiger partial charge in [0.1, 0.15) is 0 Å². The summed E-state index contributed by atoms with van der Waals surface area (Å²) in [6, 6.07) is -1.11. The van der Waals surface area contributed by atoms with E-state index in [4.69, 9.17) is 0 Å². The van der Waals surface area contributed by atoms with Crippen LogP contribution in [0.4, 0.5) is 0 Å². The third-order valence-corrected chi connectivity index (χ3v) is 4.46. The molecule has 0 fully saturated rings. The fourth-order valence-electron chi connectivity index (χ4n) is 3.34. The molecule has 0 rings (SSSR count). The number of carbonyl (C=O) groups excluding carboxylic acids is 3. The molecule has 0 aromatic carbocycles. The Labute approximate surface area is 151 Å². The molecule has 0 aliphatic rings. The topological polar surface area (TPSA) is 94.5 Å². The number of hydrogen-bond donors (Lipinski definition) is 1. The summed E-state index contributed by atoms with van der Waals surface area (Å²) in [6.07, 6.45) is 4.21. The van der Waals surface area contributed by atoms with Crippen molar-refractivity contribution in [1.29, 1.82) is 0 Å². The van der Waals surface area contributed by atoms with Gasteiger partial charge in [-0.1, -0.05) is 39.5 Å². The van der Waals surface area contributed by atoms with Crippen molar-refractivity contribution in [2.45, 2.75) is 83.3 Å². The number of Topliss-reactive ketones (excluding diaryl/α,β-unsaturated/α-hetero) is 2. The van der Waals surface area contributed by atoms with Gasteiger partial charge in [0.05, 0.1) is 21.1 Å². The van der Waals surface area contributed by atoms with Crippen LogP contribution in [0.2, 0.25) is 0 Å². The quantitative estimate of drug-likeness (QED) is 0.373. The van der Waals surface area contributed by atoms with Gasteiger partial charge in [-0.15, -0.1) is 0 Å². The molecule has 0 heterocycles. The van der Waals surface area contributed by atoms with E-state index >= 15 is 0 Å². The average molecular weight is 357 g/mol. The molecule has 0 aromatic heterocycles. The minimum absolute atomic E-state index is 0.00570. The van der Waals surface area contributed by atoms with Crippen molar-refractivity contribution in [2.75, 3.05) is 21.1 Å². The summed E-state index contributed by atoms with van der Waals surface area (Å²) < 4.78 is -0.00570. The Morgan fingerprint density at radius 2 is 1.44 bits per heavy atom. The number of hydrogen-bond acceptors (Lipinski definition) is 5. The lowest BCUT2D eigenvalue weighted by atomic mass is 9.79. The normalized spacial score (nSPS) is 15.4. The third kappa shape index (κ3) is 7.65. The lowest BCUT2D eigenvalue weighted by molar-refractivity contribution is -0.892. The molecule has 2 atom stereocenters. The molecule has 0 aliphatic heterocycles. The fourth-order valence-corrected chi connectivity index (χ4v) is 3.34. The first-order chi connectivity index (χ1) is 11.5. The third-order valence-electron chi connectivity index (χ3n) is 4.46. The van der Waals surface area contributed by atoms with Gasteiger partial charge < -0.3 is 19.5 Å². The molecule has 6 heteroatoms. The first-order valence-corrected chi connectivity index (χ1v) is 9.30. The molecule has 0 amide bonds. The Balaban J connectivity index is 5.64. The molecule has 0 saturated carbocycles. The van der Waals surface area contributed by atoms with Crippen LogP contribution in [0.1, 0.15) is 71.6 Å². The van der Waals surface area contributed by atoms with Crippen molar-refractivity contribution in [2.24, 2.45) is 0 Å². The second-order valence-electron chi connectivity index (χ2n) is 7.80. The van der Waals surface area contributed by atoms with Crippen LogP contribution in [-0.2, 0) is 14.4 Å². The smallest absolute Gasteiger partial charge is 0.193 e. The Hall–Kier alpha value is -1.27. The van der Waals surface area contributed by atoms with Crippen LogP contribution in [0.15, 0.2) is 0 Å². The number of aliphatic carboxylic acids is 1. The van der Waals surface area contributed by atoms with Crippen LogP contribution in [-0.4, -0.2) is 59.9 Å². The second kappa shape index (κ2) is 10.7. The number of unbranched alkanes of at least 4 members (excludes halogenated alkanes) is 4. The van der Waals surface area contributed by atoms with Crippen LogP contribution in [0.5, 0.6) is 0 Å². The Bertz CT molecular complexity index is 455. The standard InChI is InChI=1S/C19H35NO5/c1-6-8-10-12-15(21)18(20(3,4)5)19(25,14-17(23)24)16(22)13-11-9-7-2/h18,25H,6-14H2,1-5H3. The molecular formula is C19H35NO5. The van der Waals surface area contributed by atoms with Crippen molar-refractivity contribution in [3.8, 4) is 0 Å². The summed E-state index contributed by atoms with van der Waals surface area (Å²) in [5, 5.41) is 22.3. The van der Waals surface area contributed by atoms with Gasteiger partial charge in [-0.3, -0.25) is 9.59 Å².